The van der Waals surface area contributed by atoms with E-state index in [9.17, 15) is 0 Å². The zero-order chi connectivity index (χ0) is 39.8. The molecule has 0 amide bonds. The third-order valence-corrected chi connectivity index (χ3v) is 11.7. The van der Waals surface area contributed by atoms with E-state index in [1.165, 1.54) is 49.7 Å². The third kappa shape index (κ3) is 6.23. The Balaban J connectivity index is 1.07. The van der Waals surface area contributed by atoms with E-state index in [2.05, 4.69) is 229 Å². The van der Waals surface area contributed by atoms with Gasteiger partial charge in [-0.15, -0.1) is 0 Å². The highest BCUT2D eigenvalue weighted by atomic mass is 16.3. The maximum absolute atomic E-state index is 6.28. The van der Waals surface area contributed by atoms with Gasteiger partial charge in [-0.25, -0.2) is 0 Å². The monoisotopic (exact) mass is 765 g/mol. The Morgan fingerprint density at radius 3 is 1.45 bits per heavy atom. The lowest BCUT2D eigenvalue weighted by Crippen LogP contribution is -2.11. The second-order valence-electron chi connectivity index (χ2n) is 15.2. The van der Waals surface area contributed by atoms with Gasteiger partial charge in [0.05, 0.1) is 5.69 Å². The van der Waals surface area contributed by atoms with Crippen LogP contribution in [0.5, 0.6) is 0 Å². The van der Waals surface area contributed by atoms with Crippen LogP contribution in [-0.4, -0.2) is 0 Å². The summed E-state index contributed by atoms with van der Waals surface area (Å²) in [6.07, 6.45) is 0. The van der Waals surface area contributed by atoms with E-state index in [1.807, 2.05) is 12.1 Å². The van der Waals surface area contributed by atoms with Gasteiger partial charge in [-0.3, -0.25) is 0 Å². The molecule has 11 rings (SSSR count). The summed E-state index contributed by atoms with van der Waals surface area (Å²) in [5, 5.41) is 4.75. The molecule has 0 fully saturated rings. The van der Waals surface area contributed by atoms with E-state index in [4.69, 9.17) is 4.42 Å². The topological polar surface area (TPSA) is 16.4 Å². The fraction of sp³-hybridized carbons (Fsp3) is 0. The zero-order valence-electron chi connectivity index (χ0n) is 32.9. The van der Waals surface area contributed by atoms with Crippen LogP contribution in [0.3, 0.4) is 0 Å². The minimum atomic E-state index is 0.895. The van der Waals surface area contributed by atoms with Gasteiger partial charge in [0, 0.05) is 27.7 Å². The average molecular weight is 766 g/mol. The lowest BCUT2D eigenvalue weighted by atomic mass is 9.88. The molecule has 0 saturated carbocycles. The van der Waals surface area contributed by atoms with Gasteiger partial charge in [0.15, 0.2) is 0 Å². The second kappa shape index (κ2) is 15.1. The van der Waals surface area contributed by atoms with Crippen molar-refractivity contribution >= 4 is 49.8 Å². The Bertz CT molecular complexity index is 3300. The molecule has 1 heterocycles. The molecule has 282 valence electrons. The third-order valence-electron chi connectivity index (χ3n) is 11.7. The summed E-state index contributed by atoms with van der Waals surface area (Å²) in [6, 6.07) is 84.9. The number of anilines is 3. The van der Waals surface area contributed by atoms with Crippen molar-refractivity contribution in [3.63, 3.8) is 0 Å². The summed E-state index contributed by atoms with van der Waals surface area (Å²) in [5.41, 5.74) is 16.8. The first-order valence-electron chi connectivity index (χ1n) is 20.5. The van der Waals surface area contributed by atoms with Crippen LogP contribution in [0.15, 0.2) is 241 Å². The van der Waals surface area contributed by atoms with Gasteiger partial charge in [-0.1, -0.05) is 194 Å². The van der Waals surface area contributed by atoms with Gasteiger partial charge in [-0.05, 0) is 103 Å². The molecule has 0 aliphatic carbocycles. The summed E-state index contributed by atoms with van der Waals surface area (Å²) in [6.45, 7) is 0. The van der Waals surface area contributed by atoms with Crippen molar-refractivity contribution in [3.05, 3.63) is 237 Å². The Morgan fingerprint density at radius 1 is 0.267 bits per heavy atom. The van der Waals surface area contributed by atoms with E-state index in [-0.39, 0.29) is 0 Å². The zero-order valence-corrected chi connectivity index (χ0v) is 32.9. The highest BCUT2D eigenvalue weighted by Gasteiger charge is 2.21. The summed E-state index contributed by atoms with van der Waals surface area (Å²) in [5.74, 6) is 0. The van der Waals surface area contributed by atoms with E-state index < -0.39 is 0 Å². The molecule has 0 radical (unpaired) electrons. The lowest BCUT2D eigenvalue weighted by Gasteiger charge is -2.29. The fourth-order valence-corrected chi connectivity index (χ4v) is 8.94. The largest absolute Gasteiger partial charge is 0.456 e. The molecule has 0 aliphatic heterocycles. The Morgan fingerprint density at radius 2 is 0.717 bits per heavy atom. The van der Waals surface area contributed by atoms with Gasteiger partial charge in [-0.2, -0.15) is 0 Å². The lowest BCUT2D eigenvalue weighted by molar-refractivity contribution is 0.669. The highest BCUT2D eigenvalue weighted by molar-refractivity contribution is 6.12. The van der Waals surface area contributed by atoms with Crippen molar-refractivity contribution in [1.82, 2.24) is 0 Å². The number of furan rings is 1. The molecule has 0 saturated heterocycles. The summed E-state index contributed by atoms with van der Waals surface area (Å²) >= 11 is 0. The molecular weight excluding hydrogens is 727 g/mol. The molecule has 2 heteroatoms. The predicted molar refractivity (Wildman–Crippen MR) is 253 cm³/mol. The minimum absolute atomic E-state index is 0.895. The number of hydrogen-bond donors (Lipinski definition) is 0. The summed E-state index contributed by atoms with van der Waals surface area (Å²) in [4.78, 5) is 2.40. The first-order valence-corrected chi connectivity index (χ1v) is 20.5. The van der Waals surface area contributed by atoms with E-state index in [1.54, 1.807) is 0 Å². The molecule has 0 spiro atoms. The SMILES string of the molecule is c1ccc(-c2ccccc2-c2ccccc2-c2ccccc2N(c2ccc(-c3cccc4ccccc34)cc2)c2ccc(-c3cccc4oc5ccccc5c34)cc2)cc1. The van der Waals surface area contributed by atoms with Crippen LogP contribution in [-0.2, 0) is 0 Å². The number of nitrogens with zero attached hydrogens (tertiary/aromatic N) is 1. The van der Waals surface area contributed by atoms with Crippen molar-refractivity contribution in [2.24, 2.45) is 0 Å². The van der Waals surface area contributed by atoms with E-state index in [0.717, 1.165) is 55.7 Å². The predicted octanol–water partition coefficient (Wildman–Crippen LogP) is 16.5. The number of hydrogen-bond acceptors (Lipinski definition) is 2. The van der Waals surface area contributed by atoms with Crippen LogP contribution in [0, 0.1) is 0 Å². The first kappa shape index (κ1) is 35.2. The van der Waals surface area contributed by atoms with Crippen LogP contribution in [0.4, 0.5) is 17.1 Å². The van der Waals surface area contributed by atoms with Crippen LogP contribution < -0.4 is 4.90 Å². The number of para-hydroxylation sites is 2. The van der Waals surface area contributed by atoms with Crippen molar-refractivity contribution in [2.75, 3.05) is 4.90 Å². The van der Waals surface area contributed by atoms with Gasteiger partial charge in [0.25, 0.3) is 0 Å². The van der Waals surface area contributed by atoms with Crippen LogP contribution in [0.25, 0.3) is 88.3 Å². The highest BCUT2D eigenvalue weighted by Crippen LogP contribution is 2.46. The molecule has 60 heavy (non-hydrogen) atoms. The van der Waals surface area contributed by atoms with Crippen molar-refractivity contribution in [3.8, 4) is 55.6 Å². The maximum atomic E-state index is 6.28. The van der Waals surface area contributed by atoms with Crippen molar-refractivity contribution in [2.45, 2.75) is 0 Å². The fourth-order valence-electron chi connectivity index (χ4n) is 8.94. The number of benzene rings is 10. The Kier molecular flexibility index (Phi) is 8.87. The van der Waals surface area contributed by atoms with Crippen molar-refractivity contribution in [1.29, 1.82) is 0 Å². The molecule has 0 unspecified atom stereocenters. The van der Waals surface area contributed by atoms with Gasteiger partial charge >= 0.3 is 0 Å². The molecular formula is C58H39NO. The molecule has 2 nitrogen and oxygen atoms in total. The molecule has 0 aliphatic rings. The van der Waals surface area contributed by atoms with Gasteiger partial charge < -0.3 is 9.32 Å². The van der Waals surface area contributed by atoms with Crippen molar-refractivity contribution < 1.29 is 4.42 Å². The number of rotatable bonds is 8. The first-order chi connectivity index (χ1) is 29.8. The number of fused-ring (bicyclic) bond motifs is 4. The Hall–Kier alpha value is -7.94. The molecule has 1 aromatic heterocycles. The second-order valence-corrected chi connectivity index (χ2v) is 15.2. The van der Waals surface area contributed by atoms with Crippen LogP contribution in [0.1, 0.15) is 0 Å². The molecule has 0 N–H and O–H groups in total. The molecule has 0 bridgehead atoms. The standard InChI is InChI=1S/C58H39NO/c1-2-16-40(17-3-1)48-21-6-7-22-50(48)51-23-8-9-24-52(51)53-25-10-12-29-55(53)59(44-36-32-42(33-37-44)47-27-14-19-41-18-4-5-20-46(41)47)45-38-34-43(35-39-45)49-28-15-31-57-58(49)54-26-11-13-30-56(54)60-57/h1-39H. The summed E-state index contributed by atoms with van der Waals surface area (Å²) in [7, 11) is 0. The van der Waals surface area contributed by atoms with Gasteiger partial charge in [0.1, 0.15) is 11.2 Å². The van der Waals surface area contributed by atoms with Crippen LogP contribution in [0.2, 0.25) is 0 Å². The quantitative estimate of drug-likeness (QED) is 0.153. The van der Waals surface area contributed by atoms with Crippen LogP contribution >= 0.6 is 0 Å². The average Bonchev–Trinajstić information content (AvgIpc) is 3.72. The van der Waals surface area contributed by atoms with E-state index >= 15 is 0 Å². The Labute approximate surface area is 349 Å². The molecule has 11 aromatic rings. The normalized spacial score (nSPS) is 11.3. The molecule has 10 aromatic carbocycles. The summed E-state index contributed by atoms with van der Waals surface area (Å²) < 4.78 is 6.28. The smallest absolute Gasteiger partial charge is 0.136 e. The maximum Gasteiger partial charge on any atom is 0.136 e. The minimum Gasteiger partial charge on any atom is -0.456 e. The molecule has 0 atom stereocenters. The van der Waals surface area contributed by atoms with E-state index in [0.29, 0.717) is 0 Å². The van der Waals surface area contributed by atoms with Gasteiger partial charge in [0.2, 0.25) is 0 Å².